The molecule has 1 saturated carbocycles. The Morgan fingerprint density at radius 1 is 0.711 bits per heavy atom. The highest BCUT2D eigenvalue weighted by Gasteiger charge is 2.62. The lowest BCUT2D eigenvalue weighted by Gasteiger charge is -2.45. The Labute approximate surface area is 268 Å². The van der Waals surface area contributed by atoms with Crippen LogP contribution in [0.4, 0.5) is 11.4 Å². The number of rotatable bonds is 3. The molecule has 2 aliphatic carbocycles. The van der Waals surface area contributed by atoms with Crippen molar-refractivity contribution in [3.8, 4) is 11.5 Å². The molecule has 3 heterocycles. The average molecular weight is 642 g/mol. The van der Waals surface area contributed by atoms with E-state index in [-0.39, 0.29) is 35.8 Å². The molecule has 45 heavy (non-hydrogen) atoms. The van der Waals surface area contributed by atoms with Gasteiger partial charge in [0.25, 0.3) is 0 Å². The number of phenols is 1. The number of nitrogens with zero attached hydrogens (tertiary/aromatic N) is 2. The van der Waals surface area contributed by atoms with E-state index in [9.17, 15) is 24.3 Å². The van der Waals surface area contributed by atoms with Crippen LogP contribution in [-0.4, -0.2) is 28.7 Å². The van der Waals surface area contributed by atoms with Crippen LogP contribution in [0.5, 0.6) is 11.5 Å². The molecule has 0 bridgehead atoms. The van der Waals surface area contributed by atoms with Crippen LogP contribution in [0.15, 0.2) is 90.2 Å². The molecule has 8 nitrogen and oxygen atoms in total. The number of aromatic hydroxyl groups is 1. The van der Waals surface area contributed by atoms with Crippen molar-refractivity contribution >= 4 is 58.2 Å². The van der Waals surface area contributed by atoms with Gasteiger partial charge in [0, 0.05) is 27.9 Å². The van der Waals surface area contributed by atoms with Gasteiger partial charge in [0.1, 0.15) is 11.5 Å². The quantitative estimate of drug-likeness (QED) is 0.274. The minimum Gasteiger partial charge on any atom is -0.508 e. The molecule has 6 atom stereocenters. The second-order valence-corrected chi connectivity index (χ2v) is 13.2. The van der Waals surface area contributed by atoms with E-state index in [4.69, 9.17) is 27.9 Å². The molecule has 3 aliphatic heterocycles. The van der Waals surface area contributed by atoms with E-state index in [1.165, 1.54) is 9.80 Å². The molecular formula is C35H26Cl2N2O6. The van der Waals surface area contributed by atoms with Gasteiger partial charge in [0.2, 0.25) is 23.6 Å². The van der Waals surface area contributed by atoms with E-state index >= 15 is 0 Å². The fourth-order valence-corrected chi connectivity index (χ4v) is 8.35. The number of allylic oxidation sites excluding steroid dienone is 3. The number of anilines is 2. The number of phenolic OH excluding ortho intramolecular Hbond substituents is 1. The first-order valence-electron chi connectivity index (χ1n) is 14.9. The van der Waals surface area contributed by atoms with Gasteiger partial charge in [0.05, 0.1) is 41.3 Å². The number of carbonyl (C=O) groups is 4. The summed E-state index contributed by atoms with van der Waals surface area (Å²) in [6, 6.07) is 18.0. The summed E-state index contributed by atoms with van der Waals surface area (Å²) in [6.45, 7) is 0. The third kappa shape index (κ3) is 4.26. The number of amides is 4. The van der Waals surface area contributed by atoms with Crippen molar-refractivity contribution in [3.05, 3.63) is 106 Å². The van der Waals surface area contributed by atoms with E-state index in [0.717, 1.165) is 16.7 Å². The zero-order valence-electron chi connectivity index (χ0n) is 23.7. The first kappa shape index (κ1) is 28.1. The normalized spacial score (nSPS) is 28.6. The van der Waals surface area contributed by atoms with E-state index < -0.39 is 35.5 Å². The summed E-state index contributed by atoms with van der Waals surface area (Å²) >= 11 is 12.2. The molecule has 226 valence electrons. The maximum atomic E-state index is 14.3. The predicted octanol–water partition coefficient (Wildman–Crippen LogP) is 6.10. The summed E-state index contributed by atoms with van der Waals surface area (Å²) in [5, 5.41) is 11.2. The fraction of sp³-hybridized carbons (Fsp3) is 0.257. The Bertz CT molecular complexity index is 1870. The Balaban J connectivity index is 1.22. The molecule has 4 amide bonds. The molecule has 0 aromatic heterocycles. The lowest BCUT2D eigenvalue weighted by molar-refractivity contribution is -0.126. The third-order valence-corrected chi connectivity index (χ3v) is 10.5. The Morgan fingerprint density at radius 3 is 1.96 bits per heavy atom. The largest absolute Gasteiger partial charge is 0.508 e. The fourth-order valence-electron chi connectivity index (χ4n) is 8.10. The smallest absolute Gasteiger partial charge is 0.238 e. The highest BCUT2D eigenvalue weighted by Crippen LogP contribution is 2.58. The number of fused-ring (bicyclic) bond motifs is 5. The number of imide groups is 2. The zero-order chi connectivity index (χ0) is 31.1. The first-order valence-corrected chi connectivity index (χ1v) is 15.6. The van der Waals surface area contributed by atoms with Crippen LogP contribution in [0.25, 0.3) is 0 Å². The van der Waals surface area contributed by atoms with Crippen LogP contribution in [0, 0.1) is 35.5 Å². The van der Waals surface area contributed by atoms with Gasteiger partial charge in [-0.2, -0.15) is 0 Å². The molecule has 0 unspecified atom stereocenters. The Hall–Kier alpha value is -4.40. The Morgan fingerprint density at radius 2 is 1.31 bits per heavy atom. The van der Waals surface area contributed by atoms with Crippen molar-refractivity contribution in [1.29, 1.82) is 0 Å². The van der Waals surface area contributed by atoms with Crippen LogP contribution in [0.2, 0.25) is 10.0 Å². The van der Waals surface area contributed by atoms with Gasteiger partial charge in [-0.1, -0.05) is 34.9 Å². The molecule has 1 N–H and O–H groups in total. The van der Waals surface area contributed by atoms with Gasteiger partial charge in [-0.05, 0) is 91.1 Å². The maximum absolute atomic E-state index is 14.3. The van der Waals surface area contributed by atoms with E-state index in [0.29, 0.717) is 40.0 Å². The molecule has 2 saturated heterocycles. The molecular weight excluding hydrogens is 615 g/mol. The van der Waals surface area contributed by atoms with Crippen LogP contribution < -0.4 is 14.5 Å². The molecule has 10 heteroatoms. The second kappa shape index (κ2) is 10.3. The lowest BCUT2D eigenvalue weighted by atomic mass is 9.56. The van der Waals surface area contributed by atoms with Crippen LogP contribution in [0.3, 0.4) is 0 Å². The average Bonchev–Trinajstić information content (AvgIpc) is 3.44. The van der Waals surface area contributed by atoms with Crippen LogP contribution in [-0.2, 0) is 25.6 Å². The number of hydrogen-bond acceptors (Lipinski definition) is 6. The van der Waals surface area contributed by atoms with E-state index in [2.05, 4.69) is 0 Å². The van der Waals surface area contributed by atoms with Crippen molar-refractivity contribution in [1.82, 2.24) is 0 Å². The molecule has 0 radical (unpaired) electrons. The monoisotopic (exact) mass is 640 g/mol. The lowest BCUT2D eigenvalue weighted by Crippen LogP contribution is -2.45. The van der Waals surface area contributed by atoms with Crippen molar-refractivity contribution < 1.29 is 29.0 Å². The number of halogens is 2. The minimum absolute atomic E-state index is 0.0936. The van der Waals surface area contributed by atoms with Gasteiger partial charge < -0.3 is 9.84 Å². The van der Waals surface area contributed by atoms with Gasteiger partial charge in [-0.3, -0.25) is 29.0 Å². The van der Waals surface area contributed by atoms with Gasteiger partial charge in [0.15, 0.2) is 0 Å². The molecule has 3 aromatic carbocycles. The minimum atomic E-state index is -0.722. The van der Waals surface area contributed by atoms with Gasteiger partial charge in [-0.15, -0.1) is 0 Å². The second-order valence-electron chi connectivity index (χ2n) is 12.3. The van der Waals surface area contributed by atoms with Crippen molar-refractivity contribution in [2.24, 2.45) is 35.5 Å². The van der Waals surface area contributed by atoms with Crippen molar-refractivity contribution in [2.45, 2.75) is 19.3 Å². The summed E-state index contributed by atoms with van der Waals surface area (Å²) in [6.07, 6.45) is 4.64. The number of carbonyl (C=O) groups excluding carboxylic acids is 4. The third-order valence-electron chi connectivity index (χ3n) is 9.99. The Kier molecular flexibility index (Phi) is 6.45. The summed E-state index contributed by atoms with van der Waals surface area (Å²) in [4.78, 5) is 58.7. The maximum Gasteiger partial charge on any atom is 0.238 e. The topological polar surface area (TPSA) is 104 Å². The van der Waals surface area contributed by atoms with Crippen molar-refractivity contribution in [2.75, 3.05) is 9.80 Å². The van der Waals surface area contributed by atoms with E-state index in [1.807, 2.05) is 6.08 Å². The van der Waals surface area contributed by atoms with Gasteiger partial charge >= 0.3 is 0 Å². The first-order chi connectivity index (χ1) is 21.7. The predicted molar refractivity (Wildman–Crippen MR) is 167 cm³/mol. The highest BCUT2D eigenvalue weighted by atomic mass is 35.5. The molecule has 0 spiro atoms. The van der Waals surface area contributed by atoms with Crippen LogP contribution in [0.1, 0.15) is 18.4 Å². The molecule has 5 aliphatic rings. The summed E-state index contributed by atoms with van der Waals surface area (Å²) in [5.41, 5.74) is 3.31. The SMILES string of the molecule is O=C1[C@H]2[C@H](CC=C3[C@H](C4=COc5ccc(O)cc5C4)[C@@H]4C(=O)N(c5ccc(Cl)cc5)C(=O)[C@@H]4C[C@H]32)C(=O)N1c1ccc(Cl)cc1. The number of ether oxygens (including phenoxy) is 1. The summed E-state index contributed by atoms with van der Waals surface area (Å²) in [7, 11) is 0. The number of hydrogen-bond donors (Lipinski definition) is 1. The standard InChI is InChI=1S/C35H26Cl2N2O6/c36-19-1-5-21(6-2-19)38-32(41)25-11-10-24-26(30(25)34(38)43)15-27-31(35(44)39(33(27)42)22-7-3-20(37)4-8-22)29(24)18-13-17-14-23(40)9-12-28(17)45-16-18/h1-10,12,14,16,25-27,29-31,40H,11,13,15H2/t25-,26+,27+,29-,30-,31+/m0/s1. The number of benzene rings is 3. The van der Waals surface area contributed by atoms with Gasteiger partial charge in [-0.25, -0.2) is 0 Å². The molecule has 8 rings (SSSR count). The molecule has 3 aromatic rings. The van der Waals surface area contributed by atoms with E-state index in [1.54, 1.807) is 73.0 Å². The zero-order valence-corrected chi connectivity index (χ0v) is 25.2. The van der Waals surface area contributed by atoms with Crippen LogP contribution >= 0.6 is 23.2 Å². The summed E-state index contributed by atoms with van der Waals surface area (Å²) in [5.74, 6) is -4.20. The van der Waals surface area contributed by atoms with Crippen molar-refractivity contribution in [3.63, 3.8) is 0 Å². The molecule has 3 fully saturated rings. The highest BCUT2D eigenvalue weighted by molar-refractivity contribution is 6.31. The summed E-state index contributed by atoms with van der Waals surface area (Å²) < 4.78 is 6.00.